The van der Waals surface area contributed by atoms with E-state index in [-0.39, 0.29) is 0 Å². The first-order valence-corrected chi connectivity index (χ1v) is 8.37. The molecule has 0 amide bonds. The van der Waals surface area contributed by atoms with Crippen molar-refractivity contribution in [1.29, 1.82) is 0 Å². The second-order valence-corrected chi connectivity index (χ2v) is 6.51. The maximum Gasteiger partial charge on any atom is -0.00236 e. The molecule has 0 fully saturated rings. The van der Waals surface area contributed by atoms with Crippen LogP contribution >= 0.6 is 0 Å². The van der Waals surface area contributed by atoms with Crippen molar-refractivity contribution in [3.05, 3.63) is 71.8 Å². The Morgan fingerprint density at radius 3 is 1.78 bits per heavy atom. The zero-order chi connectivity index (χ0) is 15.6. The number of hydrogen-bond acceptors (Lipinski definition) is 0. The molecule has 23 heavy (non-hydrogen) atoms. The van der Waals surface area contributed by atoms with Crippen molar-refractivity contribution in [3.8, 4) is 0 Å². The molecule has 0 bridgehead atoms. The van der Waals surface area contributed by atoms with Crippen molar-refractivity contribution < 1.29 is 0 Å². The van der Waals surface area contributed by atoms with E-state index in [1.54, 1.807) is 0 Å². The van der Waals surface area contributed by atoms with Crippen LogP contribution in [0, 0.1) is 6.92 Å². The van der Waals surface area contributed by atoms with Gasteiger partial charge in [-0.3, -0.25) is 0 Å². The highest BCUT2D eigenvalue weighted by Gasteiger charge is 2.14. The Balaban J connectivity index is 2.22. The predicted molar refractivity (Wildman–Crippen MR) is 102 cm³/mol. The fourth-order valence-corrected chi connectivity index (χ4v) is 4.23. The van der Waals surface area contributed by atoms with E-state index in [0.717, 1.165) is 6.42 Å². The van der Waals surface area contributed by atoms with Gasteiger partial charge in [0.2, 0.25) is 0 Å². The Labute approximate surface area is 135 Å². The number of aryl methyl sites for hydroxylation is 2. The lowest BCUT2D eigenvalue weighted by molar-refractivity contribution is 1.16. The zero-order valence-corrected chi connectivity index (χ0v) is 13.5. The molecule has 0 heterocycles. The van der Waals surface area contributed by atoms with Crippen LogP contribution in [0.3, 0.4) is 0 Å². The first kappa shape index (κ1) is 12.9. The molecule has 5 aromatic carbocycles. The molecule has 5 aromatic rings. The van der Waals surface area contributed by atoms with E-state index >= 15 is 0 Å². The van der Waals surface area contributed by atoms with Gasteiger partial charge in [0.25, 0.3) is 0 Å². The maximum atomic E-state index is 2.32. The fourth-order valence-electron chi connectivity index (χ4n) is 4.23. The Hall–Kier alpha value is -2.60. The van der Waals surface area contributed by atoms with Gasteiger partial charge >= 0.3 is 0 Å². The highest BCUT2D eigenvalue weighted by Crippen LogP contribution is 2.41. The molecule has 0 atom stereocenters. The van der Waals surface area contributed by atoms with Crippen LogP contribution in [0.4, 0.5) is 0 Å². The molecule has 0 radical (unpaired) electrons. The summed E-state index contributed by atoms with van der Waals surface area (Å²) in [4.78, 5) is 0. The molecule has 0 saturated heterocycles. The van der Waals surface area contributed by atoms with Gasteiger partial charge in [-0.05, 0) is 67.6 Å². The molecule has 110 valence electrons. The summed E-state index contributed by atoms with van der Waals surface area (Å²) in [6.45, 7) is 4.45. The number of rotatable bonds is 1. The average Bonchev–Trinajstić information content (AvgIpc) is 2.60. The normalized spacial score (nSPS) is 12.1. The Morgan fingerprint density at radius 2 is 1.09 bits per heavy atom. The molecular formula is C23H18. The lowest BCUT2D eigenvalue weighted by Crippen LogP contribution is -1.90. The van der Waals surface area contributed by atoms with Gasteiger partial charge in [0.15, 0.2) is 0 Å². The minimum Gasteiger partial charge on any atom is -0.0613 e. The summed E-state index contributed by atoms with van der Waals surface area (Å²) in [7, 11) is 0. The van der Waals surface area contributed by atoms with Crippen molar-refractivity contribution in [2.45, 2.75) is 20.3 Å². The quantitative estimate of drug-likeness (QED) is 0.241. The van der Waals surface area contributed by atoms with E-state index in [1.165, 1.54) is 54.2 Å². The second kappa shape index (κ2) is 4.45. The number of fused-ring (bicyclic) bond motifs is 2. The largest absolute Gasteiger partial charge is 0.0613 e. The highest BCUT2D eigenvalue weighted by atomic mass is 14.2. The highest BCUT2D eigenvalue weighted by molar-refractivity contribution is 6.33. The molecule has 0 spiro atoms. The van der Waals surface area contributed by atoms with Crippen molar-refractivity contribution in [2.24, 2.45) is 0 Å². The molecular weight excluding hydrogens is 276 g/mol. The molecule has 0 saturated carbocycles. The second-order valence-electron chi connectivity index (χ2n) is 6.51. The van der Waals surface area contributed by atoms with Gasteiger partial charge in [0, 0.05) is 0 Å². The summed E-state index contributed by atoms with van der Waals surface area (Å²) in [6, 6.07) is 22.7. The summed E-state index contributed by atoms with van der Waals surface area (Å²) >= 11 is 0. The van der Waals surface area contributed by atoms with Crippen LogP contribution in [0.15, 0.2) is 60.7 Å². The van der Waals surface area contributed by atoms with E-state index in [4.69, 9.17) is 0 Å². The molecule has 0 N–H and O–H groups in total. The Bertz CT molecular complexity index is 1170. The van der Waals surface area contributed by atoms with Crippen molar-refractivity contribution in [2.75, 3.05) is 0 Å². The van der Waals surface area contributed by atoms with Crippen molar-refractivity contribution in [1.82, 2.24) is 0 Å². The molecule has 0 aliphatic heterocycles. The lowest BCUT2D eigenvalue weighted by atomic mass is 9.87. The van der Waals surface area contributed by atoms with Crippen LogP contribution in [0.1, 0.15) is 18.1 Å². The van der Waals surface area contributed by atoms with Crippen molar-refractivity contribution in [3.63, 3.8) is 0 Å². The van der Waals surface area contributed by atoms with Crippen LogP contribution in [0.25, 0.3) is 43.1 Å². The van der Waals surface area contributed by atoms with Gasteiger partial charge < -0.3 is 0 Å². The smallest absolute Gasteiger partial charge is 0.00236 e. The van der Waals surface area contributed by atoms with Gasteiger partial charge in [-0.2, -0.15) is 0 Å². The summed E-state index contributed by atoms with van der Waals surface area (Å²) in [6.07, 6.45) is 1.07. The first-order chi connectivity index (χ1) is 11.3. The van der Waals surface area contributed by atoms with E-state index in [1.807, 2.05) is 0 Å². The van der Waals surface area contributed by atoms with Crippen LogP contribution in [-0.4, -0.2) is 0 Å². The number of hydrogen-bond donors (Lipinski definition) is 0. The van der Waals surface area contributed by atoms with Crippen molar-refractivity contribution >= 4 is 43.1 Å². The average molecular weight is 294 g/mol. The molecule has 0 nitrogen and oxygen atoms in total. The zero-order valence-electron chi connectivity index (χ0n) is 13.5. The molecule has 0 aliphatic carbocycles. The number of benzene rings is 5. The molecule has 0 heteroatoms. The van der Waals surface area contributed by atoms with Gasteiger partial charge in [-0.1, -0.05) is 67.6 Å². The standard InChI is InChI=1S/C23H18/c1-3-15-11-13-21-20-12-10-14(2)16-6-4-8-18(22(16)20)19-9-5-7-17(15)23(19)21/h4-13H,3H2,1-2H3. The van der Waals surface area contributed by atoms with Gasteiger partial charge in [-0.15, -0.1) is 0 Å². The molecule has 0 aromatic heterocycles. The van der Waals surface area contributed by atoms with Gasteiger partial charge in [0.05, 0.1) is 0 Å². The summed E-state index contributed by atoms with van der Waals surface area (Å²) in [5.74, 6) is 0. The fraction of sp³-hybridized carbons (Fsp3) is 0.130. The van der Waals surface area contributed by atoms with Crippen LogP contribution in [0.2, 0.25) is 0 Å². The summed E-state index contributed by atoms with van der Waals surface area (Å²) in [5, 5.41) is 11.2. The third kappa shape index (κ3) is 1.56. The maximum absolute atomic E-state index is 2.32. The van der Waals surface area contributed by atoms with Crippen LogP contribution in [0.5, 0.6) is 0 Å². The Morgan fingerprint density at radius 1 is 0.565 bits per heavy atom. The van der Waals surface area contributed by atoms with Crippen LogP contribution in [-0.2, 0) is 6.42 Å². The summed E-state index contributed by atoms with van der Waals surface area (Å²) < 4.78 is 0. The monoisotopic (exact) mass is 294 g/mol. The molecule has 5 rings (SSSR count). The Kier molecular flexibility index (Phi) is 2.50. The first-order valence-electron chi connectivity index (χ1n) is 8.37. The molecule has 0 unspecified atom stereocenters. The van der Waals surface area contributed by atoms with Gasteiger partial charge in [0.1, 0.15) is 0 Å². The van der Waals surface area contributed by atoms with E-state index in [2.05, 4.69) is 74.5 Å². The topological polar surface area (TPSA) is 0 Å². The van der Waals surface area contributed by atoms with E-state index in [0.29, 0.717) is 0 Å². The third-order valence-electron chi connectivity index (χ3n) is 5.35. The third-order valence-corrected chi connectivity index (χ3v) is 5.35. The minimum absolute atomic E-state index is 1.07. The summed E-state index contributed by atoms with van der Waals surface area (Å²) in [5.41, 5.74) is 2.79. The predicted octanol–water partition coefficient (Wildman–Crippen LogP) is 6.61. The van der Waals surface area contributed by atoms with E-state index < -0.39 is 0 Å². The van der Waals surface area contributed by atoms with E-state index in [9.17, 15) is 0 Å². The SMILES string of the molecule is CCc1ccc2c3ccc(C)c4cccc(c5cccc1c52)c43. The van der Waals surface area contributed by atoms with Crippen LogP contribution < -0.4 is 0 Å². The molecule has 0 aliphatic rings. The van der Waals surface area contributed by atoms with Gasteiger partial charge in [-0.25, -0.2) is 0 Å². The minimum atomic E-state index is 1.07. The lowest BCUT2D eigenvalue weighted by Gasteiger charge is -2.16.